The van der Waals surface area contributed by atoms with Gasteiger partial charge in [-0.15, -0.1) is 11.3 Å². The Kier molecular flexibility index (Phi) is 4.21. The standard InChI is InChI=1S/C14H21N5OS/c1-10(2)13-16-12(17-20-13)9-18-5-6-19(11(3)8-18)14-15-4-7-21-14/h4,7,10-11H,5-6,8-9H2,1-3H3/t11-/m0/s1. The fourth-order valence-electron chi connectivity index (χ4n) is 2.58. The predicted molar refractivity (Wildman–Crippen MR) is 82.6 cm³/mol. The van der Waals surface area contributed by atoms with Gasteiger partial charge in [-0.3, -0.25) is 4.90 Å². The van der Waals surface area contributed by atoms with Gasteiger partial charge in [0.15, 0.2) is 11.0 Å². The molecule has 3 heterocycles. The van der Waals surface area contributed by atoms with E-state index < -0.39 is 0 Å². The molecule has 2 aromatic heterocycles. The average molecular weight is 307 g/mol. The van der Waals surface area contributed by atoms with Crippen molar-refractivity contribution >= 4 is 16.5 Å². The highest BCUT2D eigenvalue weighted by molar-refractivity contribution is 7.13. The molecule has 21 heavy (non-hydrogen) atoms. The lowest BCUT2D eigenvalue weighted by atomic mass is 10.2. The first kappa shape index (κ1) is 14.5. The fourth-order valence-corrected chi connectivity index (χ4v) is 3.36. The summed E-state index contributed by atoms with van der Waals surface area (Å²) in [5.74, 6) is 1.79. The third kappa shape index (κ3) is 3.24. The Balaban J connectivity index is 1.59. The second-order valence-electron chi connectivity index (χ2n) is 5.80. The zero-order valence-corrected chi connectivity index (χ0v) is 13.5. The summed E-state index contributed by atoms with van der Waals surface area (Å²) >= 11 is 1.70. The third-order valence-corrected chi connectivity index (χ3v) is 4.53. The van der Waals surface area contributed by atoms with Crippen LogP contribution >= 0.6 is 11.3 Å². The van der Waals surface area contributed by atoms with E-state index in [9.17, 15) is 0 Å². The Morgan fingerprint density at radius 1 is 1.43 bits per heavy atom. The second kappa shape index (κ2) is 6.11. The van der Waals surface area contributed by atoms with Gasteiger partial charge in [0.05, 0.1) is 6.54 Å². The minimum absolute atomic E-state index is 0.284. The van der Waals surface area contributed by atoms with Gasteiger partial charge in [-0.25, -0.2) is 4.98 Å². The van der Waals surface area contributed by atoms with Crippen LogP contribution in [0.1, 0.15) is 38.4 Å². The summed E-state index contributed by atoms with van der Waals surface area (Å²) in [4.78, 5) is 13.6. The van der Waals surface area contributed by atoms with Crippen molar-refractivity contribution in [2.24, 2.45) is 0 Å². The second-order valence-corrected chi connectivity index (χ2v) is 6.67. The first-order chi connectivity index (χ1) is 10.1. The molecule has 1 atom stereocenters. The Morgan fingerprint density at radius 3 is 2.90 bits per heavy atom. The number of rotatable bonds is 4. The lowest BCUT2D eigenvalue weighted by molar-refractivity contribution is 0.213. The maximum atomic E-state index is 5.27. The third-order valence-electron chi connectivity index (χ3n) is 3.72. The normalized spacial score (nSPS) is 20.4. The first-order valence-corrected chi connectivity index (χ1v) is 8.22. The molecule has 2 aromatic rings. The molecule has 3 rings (SSSR count). The Morgan fingerprint density at radius 2 is 2.29 bits per heavy atom. The SMILES string of the molecule is CC(C)c1nc(CN2CCN(c3nccs3)[C@@H](C)C2)no1. The number of aromatic nitrogens is 3. The van der Waals surface area contributed by atoms with Crippen molar-refractivity contribution in [1.29, 1.82) is 0 Å². The molecule has 0 spiro atoms. The Bertz CT molecular complexity index is 568. The Labute approximate surface area is 128 Å². The quantitative estimate of drug-likeness (QED) is 0.864. The van der Waals surface area contributed by atoms with E-state index in [0.717, 1.165) is 43.0 Å². The summed E-state index contributed by atoms with van der Waals surface area (Å²) in [5.41, 5.74) is 0. The van der Waals surface area contributed by atoms with Gasteiger partial charge in [-0.1, -0.05) is 19.0 Å². The maximum absolute atomic E-state index is 5.27. The van der Waals surface area contributed by atoms with Gasteiger partial charge in [-0.05, 0) is 6.92 Å². The number of thiazole rings is 1. The molecule has 1 aliphatic heterocycles. The zero-order chi connectivity index (χ0) is 14.8. The average Bonchev–Trinajstić information content (AvgIpc) is 3.09. The minimum atomic E-state index is 0.284. The van der Waals surface area contributed by atoms with Crippen LogP contribution in [0.2, 0.25) is 0 Å². The van der Waals surface area contributed by atoms with Crippen LogP contribution in [0.15, 0.2) is 16.1 Å². The van der Waals surface area contributed by atoms with Gasteiger partial charge in [0.2, 0.25) is 5.89 Å². The van der Waals surface area contributed by atoms with Gasteiger partial charge in [-0.2, -0.15) is 4.98 Å². The van der Waals surface area contributed by atoms with E-state index in [-0.39, 0.29) is 5.92 Å². The molecule has 0 aliphatic carbocycles. The van der Waals surface area contributed by atoms with Gasteiger partial charge < -0.3 is 9.42 Å². The highest BCUT2D eigenvalue weighted by Gasteiger charge is 2.26. The van der Waals surface area contributed by atoms with Crippen molar-refractivity contribution < 1.29 is 4.52 Å². The number of anilines is 1. The molecule has 0 N–H and O–H groups in total. The van der Waals surface area contributed by atoms with Crippen LogP contribution < -0.4 is 4.90 Å². The number of nitrogens with zero attached hydrogens (tertiary/aromatic N) is 5. The van der Waals surface area contributed by atoms with Crippen molar-refractivity contribution in [3.8, 4) is 0 Å². The van der Waals surface area contributed by atoms with Crippen LogP contribution in [0, 0.1) is 0 Å². The summed E-state index contributed by atoms with van der Waals surface area (Å²) in [7, 11) is 0. The molecule has 114 valence electrons. The lowest BCUT2D eigenvalue weighted by Crippen LogP contribution is -2.51. The van der Waals surface area contributed by atoms with Crippen molar-refractivity contribution in [3.05, 3.63) is 23.3 Å². The van der Waals surface area contributed by atoms with E-state index >= 15 is 0 Å². The van der Waals surface area contributed by atoms with Gasteiger partial charge in [0.25, 0.3) is 0 Å². The summed E-state index contributed by atoms with van der Waals surface area (Å²) < 4.78 is 5.27. The van der Waals surface area contributed by atoms with Crippen LogP contribution in [0.5, 0.6) is 0 Å². The van der Waals surface area contributed by atoms with Crippen LogP contribution in [-0.4, -0.2) is 45.7 Å². The van der Waals surface area contributed by atoms with Crippen LogP contribution in [0.3, 0.4) is 0 Å². The number of hydrogen-bond acceptors (Lipinski definition) is 7. The minimum Gasteiger partial charge on any atom is -0.343 e. The van der Waals surface area contributed by atoms with Crippen LogP contribution in [-0.2, 0) is 6.54 Å². The van der Waals surface area contributed by atoms with E-state index in [1.54, 1.807) is 11.3 Å². The fraction of sp³-hybridized carbons (Fsp3) is 0.643. The van der Waals surface area contributed by atoms with Crippen LogP contribution in [0.25, 0.3) is 0 Å². The summed E-state index contributed by atoms with van der Waals surface area (Å²) in [6.07, 6.45) is 1.87. The van der Waals surface area contributed by atoms with Crippen LogP contribution in [0.4, 0.5) is 5.13 Å². The van der Waals surface area contributed by atoms with Crippen molar-refractivity contribution in [2.75, 3.05) is 24.5 Å². The Hall–Kier alpha value is -1.47. The molecule has 7 heteroatoms. The van der Waals surface area contributed by atoms with Gasteiger partial charge in [0, 0.05) is 43.2 Å². The van der Waals surface area contributed by atoms with E-state index in [1.807, 2.05) is 11.6 Å². The molecule has 0 unspecified atom stereocenters. The summed E-state index contributed by atoms with van der Waals surface area (Å²) in [5, 5.41) is 7.22. The predicted octanol–water partition coefficient (Wildman–Crippen LogP) is 2.36. The van der Waals surface area contributed by atoms with Gasteiger partial charge in [0.1, 0.15) is 0 Å². The molecular formula is C14H21N5OS. The van der Waals surface area contributed by atoms with Gasteiger partial charge >= 0.3 is 0 Å². The highest BCUT2D eigenvalue weighted by atomic mass is 32.1. The topological polar surface area (TPSA) is 58.3 Å². The molecule has 0 bridgehead atoms. The molecular weight excluding hydrogens is 286 g/mol. The highest BCUT2D eigenvalue weighted by Crippen LogP contribution is 2.23. The number of hydrogen-bond donors (Lipinski definition) is 0. The maximum Gasteiger partial charge on any atom is 0.229 e. The molecule has 0 saturated carbocycles. The van der Waals surface area contributed by atoms with E-state index in [4.69, 9.17) is 4.52 Å². The van der Waals surface area contributed by atoms with Crippen molar-refractivity contribution in [1.82, 2.24) is 20.0 Å². The monoisotopic (exact) mass is 307 g/mol. The molecule has 1 aliphatic rings. The summed E-state index contributed by atoms with van der Waals surface area (Å²) in [6.45, 7) is 10.1. The van der Waals surface area contributed by atoms with E-state index in [1.165, 1.54) is 0 Å². The first-order valence-electron chi connectivity index (χ1n) is 7.34. The molecule has 0 amide bonds. The van der Waals surface area contributed by atoms with E-state index in [0.29, 0.717) is 6.04 Å². The molecule has 6 nitrogen and oxygen atoms in total. The largest absolute Gasteiger partial charge is 0.343 e. The zero-order valence-electron chi connectivity index (χ0n) is 12.7. The number of piperazine rings is 1. The summed E-state index contributed by atoms with van der Waals surface area (Å²) in [6, 6.07) is 0.446. The van der Waals surface area contributed by atoms with E-state index in [2.05, 4.69) is 45.7 Å². The molecule has 1 fully saturated rings. The van der Waals surface area contributed by atoms with Crippen molar-refractivity contribution in [2.45, 2.75) is 39.3 Å². The molecule has 0 aromatic carbocycles. The smallest absolute Gasteiger partial charge is 0.229 e. The van der Waals surface area contributed by atoms with Crippen molar-refractivity contribution in [3.63, 3.8) is 0 Å². The molecule has 0 radical (unpaired) electrons. The lowest BCUT2D eigenvalue weighted by Gasteiger charge is -2.39. The molecule has 1 saturated heterocycles.